The summed E-state index contributed by atoms with van der Waals surface area (Å²) < 4.78 is 16.7. The first kappa shape index (κ1) is 39.9. The van der Waals surface area contributed by atoms with E-state index in [1.165, 1.54) is 26.4 Å². The van der Waals surface area contributed by atoms with Crippen molar-refractivity contribution in [3.63, 3.8) is 0 Å². The molecule has 6 N–H and O–H groups in total. The number of hydrogen-bond acceptors (Lipinski definition) is 10. The maximum atomic E-state index is 13.2. The molecule has 0 saturated heterocycles. The number of aliphatic hydroxyl groups is 1. The first-order valence-electron chi connectivity index (χ1n) is 15.9. The van der Waals surface area contributed by atoms with E-state index in [0.29, 0.717) is 37.2 Å². The van der Waals surface area contributed by atoms with Gasteiger partial charge in [-0.25, -0.2) is 4.79 Å². The van der Waals surface area contributed by atoms with Crippen molar-refractivity contribution in [1.82, 2.24) is 4.90 Å². The van der Waals surface area contributed by atoms with Crippen LogP contribution < -0.4 is 11.1 Å². The Morgan fingerprint density at radius 1 is 1.15 bits per heavy atom. The van der Waals surface area contributed by atoms with Crippen LogP contribution in [0.3, 0.4) is 0 Å². The topological polar surface area (TPSA) is 176 Å². The number of aliphatic imine (C=N–C) groups is 1. The van der Waals surface area contributed by atoms with Crippen LogP contribution >= 0.6 is 0 Å². The summed E-state index contributed by atoms with van der Waals surface area (Å²) in [5, 5.41) is 36.6. The van der Waals surface area contributed by atoms with Crippen LogP contribution in [-0.2, 0) is 25.4 Å². The van der Waals surface area contributed by atoms with Crippen molar-refractivity contribution in [2.24, 2.45) is 22.6 Å². The fourth-order valence-corrected chi connectivity index (χ4v) is 5.58. The number of amides is 2. The Hall–Kier alpha value is -4.23. The van der Waals surface area contributed by atoms with E-state index >= 15 is 0 Å². The second kappa shape index (κ2) is 19.6. The second-order valence-electron chi connectivity index (χ2n) is 12.1. The normalized spacial score (nSPS) is 25.2. The largest absolute Gasteiger partial charge is 0.506 e. The van der Waals surface area contributed by atoms with E-state index in [-0.39, 0.29) is 40.8 Å². The fourth-order valence-electron chi connectivity index (χ4n) is 5.58. The summed E-state index contributed by atoms with van der Waals surface area (Å²) in [5.41, 5.74) is 6.75. The molecule has 48 heavy (non-hydrogen) atoms. The zero-order valence-corrected chi connectivity index (χ0v) is 28.9. The Bertz CT molecular complexity index is 1390. The van der Waals surface area contributed by atoms with Crippen LogP contribution in [0.25, 0.3) is 0 Å². The third-order valence-electron chi connectivity index (χ3n) is 8.14. The van der Waals surface area contributed by atoms with Gasteiger partial charge in [0.05, 0.1) is 17.9 Å². The quantitative estimate of drug-likeness (QED) is 0.100. The molecule has 0 fully saturated rings. The molecule has 6 atom stereocenters. The van der Waals surface area contributed by atoms with Crippen molar-refractivity contribution in [2.45, 2.75) is 65.0 Å². The van der Waals surface area contributed by atoms with Gasteiger partial charge in [-0.2, -0.15) is 0 Å². The molecule has 1 aliphatic heterocycles. The fraction of sp³-hybridized carbons (Fsp3) is 0.472. The lowest BCUT2D eigenvalue weighted by molar-refractivity contribution is -0.112. The standard InChI is InChI=1S/C36H52N4O8/c1-9-15-40(16-10-2)17-14-38-31-26-18-22(3)19-30(47-8)32(42)24(5)20-25(6)34(48-36(37)45)29(46-7)13-11-12-23(4)35(44)39-27(33(26)43)21-28(31)41/h9-14,20-22,24,29-30,32,34,41-43H,1-2,15-19H2,3-8H3,(H2,37,45)(H,39,44)/b13-11-,23-12?,25-20?,38-14?. The van der Waals surface area contributed by atoms with Gasteiger partial charge in [-0.3, -0.25) is 14.7 Å². The van der Waals surface area contributed by atoms with Gasteiger partial charge >= 0.3 is 6.09 Å². The molecule has 0 aliphatic carbocycles. The Balaban J connectivity index is 2.67. The number of nitrogens with one attached hydrogen (secondary N) is 1. The lowest BCUT2D eigenvalue weighted by Crippen LogP contribution is -2.37. The van der Waals surface area contributed by atoms with Gasteiger partial charge in [-0.15, -0.1) is 13.2 Å². The molecule has 12 heteroatoms. The number of nitrogens with zero attached hydrogens (tertiary/aromatic N) is 2. The van der Waals surface area contributed by atoms with Crippen molar-refractivity contribution in [1.29, 1.82) is 0 Å². The van der Waals surface area contributed by atoms with Gasteiger partial charge in [0.15, 0.2) is 6.10 Å². The number of ether oxygens (including phenoxy) is 3. The molecule has 2 rings (SSSR count). The molecule has 1 aliphatic rings. The minimum absolute atomic E-state index is 0.00898. The predicted octanol–water partition coefficient (Wildman–Crippen LogP) is 4.93. The molecule has 2 amide bonds. The third-order valence-corrected chi connectivity index (χ3v) is 8.14. The number of rotatable bonds is 10. The number of phenols is 2. The summed E-state index contributed by atoms with van der Waals surface area (Å²) in [5.74, 6) is -1.62. The molecule has 12 nitrogen and oxygen atoms in total. The summed E-state index contributed by atoms with van der Waals surface area (Å²) in [6.45, 7) is 16.3. The number of methoxy groups -OCH3 is 2. The zero-order chi connectivity index (χ0) is 36.0. The number of carbonyl (C=O) groups excluding carboxylic acids is 2. The average Bonchev–Trinajstić information content (AvgIpc) is 3.03. The Morgan fingerprint density at radius 3 is 2.40 bits per heavy atom. The van der Waals surface area contributed by atoms with Gasteiger partial charge in [0, 0.05) is 63.2 Å². The highest BCUT2D eigenvalue weighted by molar-refractivity contribution is 6.04. The van der Waals surface area contributed by atoms with E-state index in [1.807, 2.05) is 18.7 Å². The van der Waals surface area contributed by atoms with Gasteiger partial charge in [-0.1, -0.05) is 50.3 Å². The number of aromatic hydroxyl groups is 2. The molecule has 1 aromatic rings. The number of aliphatic hydroxyl groups excluding tert-OH is 1. The van der Waals surface area contributed by atoms with E-state index in [9.17, 15) is 24.9 Å². The molecule has 1 heterocycles. The highest BCUT2D eigenvalue weighted by Gasteiger charge is 2.30. The van der Waals surface area contributed by atoms with Crippen LogP contribution in [0.4, 0.5) is 16.2 Å². The minimum Gasteiger partial charge on any atom is -0.506 e. The molecule has 0 saturated carbocycles. The van der Waals surface area contributed by atoms with E-state index in [1.54, 1.807) is 50.4 Å². The summed E-state index contributed by atoms with van der Waals surface area (Å²) in [7, 11) is 2.95. The number of hydrogen-bond donors (Lipinski definition) is 5. The average molecular weight is 669 g/mol. The first-order chi connectivity index (χ1) is 22.8. The number of carbonyl (C=O) groups is 2. The molecule has 264 valence electrons. The Kier molecular flexibility index (Phi) is 16.3. The SMILES string of the molecule is C=CCN(CC=C)CC=Nc1c(O)cc2c(O)c1CC(C)CC(OC)C(O)C(C)C=C(C)C(OC(N)=O)C(OC)/C=C\C=C(C)C(=O)N2. The van der Waals surface area contributed by atoms with Crippen molar-refractivity contribution < 1.29 is 39.1 Å². The van der Waals surface area contributed by atoms with Gasteiger partial charge in [0.1, 0.15) is 23.3 Å². The summed E-state index contributed by atoms with van der Waals surface area (Å²) in [6, 6.07) is 1.26. The van der Waals surface area contributed by atoms with Gasteiger partial charge in [-0.05, 0) is 38.2 Å². The van der Waals surface area contributed by atoms with E-state index in [0.717, 1.165) is 0 Å². The van der Waals surface area contributed by atoms with Gasteiger partial charge in [0.2, 0.25) is 0 Å². The lowest BCUT2D eigenvalue weighted by atomic mass is 9.87. The number of phenolic OH excluding ortho intramolecular Hbond substituents is 2. The summed E-state index contributed by atoms with van der Waals surface area (Å²) >= 11 is 0. The number of primary amides is 1. The van der Waals surface area contributed by atoms with Crippen molar-refractivity contribution in [2.75, 3.05) is 39.2 Å². The van der Waals surface area contributed by atoms with Crippen molar-refractivity contribution in [3.8, 4) is 11.5 Å². The molecule has 0 radical (unpaired) electrons. The van der Waals surface area contributed by atoms with Crippen LogP contribution in [0.1, 0.15) is 39.7 Å². The number of benzene rings is 1. The molecule has 2 bridgehead atoms. The Labute approximate surface area is 284 Å². The van der Waals surface area contributed by atoms with Crippen LogP contribution in [0.5, 0.6) is 11.5 Å². The molecule has 0 spiro atoms. The van der Waals surface area contributed by atoms with Crippen LogP contribution in [-0.4, -0.2) is 96.7 Å². The number of anilines is 1. The third kappa shape index (κ3) is 11.5. The molecular formula is C36H52N4O8. The van der Waals surface area contributed by atoms with Crippen LogP contribution in [0.2, 0.25) is 0 Å². The lowest BCUT2D eigenvalue weighted by Gasteiger charge is -2.29. The van der Waals surface area contributed by atoms with Gasteiger partial charge < -0.3 is 40.6 Å². The highest BCUT2D eigenvalue weighted by Crippen LogP contribution is 2.44. The smallest absolute Gasteiger partial charge is 0.405 e. The molecular weight excluding hydrogens is 616 g/mol. The predicted molar refractivity (Wildman–Crippen MR) is 189 cm³/mol. The molecule has 0 aromatic heterocycles. The zero-order valence-electron chi connectivity index (χ0n) is 28.9. The summed E-state index contributed by atoms with van der Waals surface area (Å²) in [6.07, 6.45) is 7.99. The number of allylic oxidation sites excluding steroid dienone is 2. The second-order valence-corrected chi connectivity index (χ2v) is 12.1. The van der Waals surface area contributed by atoms with E-state index in [2.05, 4.69) is 23.5 Å². The van der Waals surface area contributed by atoms with Crippen molar-refractivity contribution >= 4 is 29.6 Å². The number of fused-ring (bicyclic) bond motifs is 2. The van der Waals surface area contributed by atoms with Crippen LogP contribution in [0, 0.1) is 11.8 Å². The van der Waals surface area contributed by atoms with Crippen molar-refractivity contribution in [3.05, 3.63) is 72.4 Å². The van der Waals surface area contributed by atoms with Crippen LogP contribution in [0.15, 0.2) is 71.8 Å². The molecule has 1 aromatic carbocycles. The van der Waals surface area contributed by atoms with E-state index < -0.39 is 42.3 Å². The Morgan fingerprint density at radius 2 is 1.81 bits per heavy atom. The molecule has 6 unspecified atom stereocenters. The summed E-state index contributed by atoms with van der Waals surface area (Å²) in [4.78, 5) is 31.6. The van der Waals surface area contributed by atoms with E-state index in [4.69, 9.17) is 19.9 Å². The maximum Gasteiger partial charge on any atom is 0.405 e. The van der Waals surface area contributed by atoms with Gasteiger partial charge in [0.25, 0.3) is 5.91 Å². The highest BCUT2D eigenvalue weighted by atomic mass is 16.6. The maximum absolute atomic E-state index is 13.2. The number of nitrogens with two attached hydrogens (primary N) is 1. The monoisotopic (exact) mass is 668 g/mol. The first-order valence-corrected chi connectivity index (χ1v) is 15.9. The minimum atomic E-state index is -0.996.